The van der Waals surface area contributed by atoms with E-state index in [2.05, 4.69) is 24.3 Å². The van der Waals surface area contributed by atoms with Gasteiger partial charge in [0.1, 0.15) is 0 Å². The van der Waals surface area contributed by atoms with Gasteiger partial charge in [-0.15, -0.1) is 23.1 Å². The SMILES string of the molecule is NCCCc1nc2c(s1)CSc1ccccc1-2. The van der Waals surface area contributed by atoms with E-state index >= 15 is 0 Å². The zero-order valence-corrected chi connectivity index (χ0v) is 11.1. The van der Waals surface area contributed by atoms with Crippen LogP contribution in [0.5, 0.6) is 0 Å². The Morgan fingerprint density at radius 2 is 2.18 bits per heavy atom. The average Bonchev–Trinajstić information content (AvgIpc) is 2.79. The van der Waals surface area contributed by atoms with Gasteiger partial charge in [-0.05, 0) is 19.0 Å². The second kappa shape index (κ2) is 4.80. The van der Waals surface area contributed by atoms with Crippen LogP contribution in [-0.4, -0.2) is 11.5 Å². The lowest BCUT2D eigenvalue weighted by Crippen LogP contribution is -2.00. The number of fused-ring (bicyclic) bond motifs is 3. The third-order valence-corrected chi connectivity index (χ3v) is 5.24. The second-order valence-corrected chi connectivity index (χ2v) is 6.24. The summed E-state index contributed by atoms with van der Waals surface area (Å²) in [6.07, 6.45) is 2.04. The third-order valence-electron chi connectivity index (χ3n) is 2.84. The first-order chi connectivity index (χ1) is 8.38. The Hall–Kier alpha value is -0.840. The van der Waals surface area contributed by atoms with Crippen molar-refractivity contribution in [1.82, 2.24) is 4.98 Å². The zero-order chi connectivity index (χ0) is 11.7. The Morgan fingerprint density at radius 3 is 3.06 bits per heavy atom. The molecule has 17 heavy (non-hydrogen) atoms. The average molecular weight is 262 g/mol. The van der Waals surface area contributed by atoms with Crippen molar-refractivity contribution in [2.45, 2.75) is 23.5 Å². The molecule has 0 amide bonds. The number of nitrogens with zero attached hydrogens (tertiary/aromatic N) is 1. The van der Waals surface area contributed by atoms with Crippen LogP contribution >= 0.6 is 23.1 Å². The molecule has 1 aromatic carbocycles. The van der Waals surface area contributed by atoms with E-state index in [0.717, 1.165) is 25.1 Å². The summed E-state index contributed by atoms with van der Waals surface area (Å²) in [5.41, 5.74) is 8.05. The molecule has 0 atom stereocenters. The molecule has 88 valence electrons. The van der Waals surface area contributed by atoms with Gasteiger partial charge in [-0.3, -0.25) is 0 Å². The van der Waals surface area contributed by atoms with E-state index in [1.165, 1.54) is 26.0 Å². The van der Waals surface area contributed by atoms with E-state index in [4.69, 9.17) is 10.7 Å². The van der Waals surface area contributed by atoms with Crippen LogP contribution in [-0.2, 0) is 12.2 Å². The van der Waals surface area contributed by atoms with Crippen LogP contribution < -0.4 is 5.73 Å². The van der Waals surface area contributed by atoms with Gasteiger partial charge >= 0.3 is 0 Å². The first-order valence-electron chi connectivity index (χ1n) is 5.79. The van der Waals surface area contributed by atoms with Crippen LogP contribution in [0.4, 0.5) is 0 Å². The first kappa shape index (κ1) is 11.3. The quantitative estimate of drug-likeness (QED) is 0.922. The minimum Gasteiger partial charge on any atom is -0.330 e. The second-order valence-electron chi connectivity index (χ2n) is 4.06. The molecule has 1 aromatic heterocycles. The highest BCUT2D eigenvalue weighted by atomic mass is 32.2. The van der Waals surface area contributed by atoms with E-state index < -0.39 is 0 Å². The summed E-state index contributed by atoms with van der Waals surface area (Å²) in [5, 5.41) is 1.23. The molecular formula is C13H14N2S2. The van der Waals surface area contributed by atoms with Crippen LogP contribution in [0.3, 0.4) is 0 Å². The molecule has 0 saturated carbocycles. The van der Waals surface area contributed by atoms with Crippen LogP contribution in [0.1, 0.15) is 16.3 Å². The van der Waals surface area contributed by atoms with Gasteiger partial charge in [0.05, 0.1) is 10.7 Å². The Bertz CT molecular complexity index is 534. The monoisotopic (exact) mass is 262 g/mol. The number of rotatable bonds is 3. The molecule has 0 unspecified atom stereocenters. The fraction of sp³-hybridized carbons (Fsp3) is 0.308. The summed E-state index contributed by atoms with van der Waals surface area (Å²) in [6, 6.07) is 8.54. The molecule has 2 N–H and O–H groups in total. The highest BCUT2D eigenvalue weighted by molar-refractivity contribution is 7.98. The number of nitrogens with two attached hydrogens (primary N) is 1. The Labute approximate surface area is 109 Å². The summed E-state index contributed by atoms with van der Waals surface area (Å²) in [7, 11) is 0. The smallest absolute Gasteiger partial charge is 0.0936 e. The molecule has 0 spiro atoms. The molecule has 0 radical (unpaired) electrons. The van der Waals surface area contributed by atoms with Gasteiger partial charge in [-0.1, -0.05) is 18.2 Å². The molecule has 3 rings (SSSR count). The largest absolute Gasteiger partial charge is 0.330 e. The number of thioether (sulfide) groups is 1. The van der Waals surface area contributed by atoms with E-state index in [9.17, 15) is 0 Å². The number of aryl methyl sites for hydroxylation is 1. The minimum atomic E-state index is 0.746. The lowest BCUT2D eigenvalue weighted by molar-refractivity contribution is 0.826. The van der Waals surface area contributed by atoms with Crippen molar-refractivity contribution in [3.63, 3.8) is 0 Å². The zero-order valence-electron chi connectivity index (χ0n) is 9.48. The molecule has 1 aliphatic rings. The van der Waals surface area contributed by atoms with Crippen molar-refractivity contribution in [2.75, 3.05) is 6.54 Å². The third kappa shape index (κ3) is 2.12. The van der Waals surface area contributed by atoms with Crippen molar-refractivity contribution in [3.05, 3.63) is 34.2 Å². The van der Waals surface area contributed by atoms with Gasteiger partial charge in [0.15, 0.2) is 0 Å². The van der Waals surface area contributed by atoms with Crippen LogP contribution in [0.25, 0.3) is 11.3 Å². The fourth-order valence-electron chi connectivity index (χ4n) is 2.00. The number of thiazole rings is 1. The predicted octanol–water partition coefficient (Wildman–Crippen LogP) is 3.31. The highest BCUT2D eigenvalue weighted by Crippen LogP contribution is 2.43. The van der Waals surface area contributed by atoms with E-state index in [-0.39, 0.29) is 0 Å². The molecule has 1 aliphatic heterocycles. The van der Waals surface area contributed by atoms with Crippen molar-refractivity contribution in [2.24, 2.45) is 5.73 Å². The predicted molar refractivity (Wildman–Crippen MR) is 74.5 cm³/mol. The highest BCUT2D eigenvalue weighted by Gasteiger charge is 2.20. The molecular weight excluding hydrogens is 248 g/mol. The first-order valence-corrected chi connectivity index (χ1v) is 7.59. The van der Waals surface area contributed by atoms with Gasteiger partial charge in [0.25, 0.3) is 0 Å². The summed E-state index contributed by atoms with van der Waals surface area (Å²) in [4.78, 5) is 7.55. The van der Waals surface area contributed by atoms with Crippen molar-refractivity contribution in [3.8, 4) is 11.3 Å². The number of benzene rings is 1. The number of hydrogen-bond acceptors (Lipinski definition) is 4. The molecule has 0 bridgehead atoms. The van der Waals surface area contributed by atoms with Gasteiger partial charge in [0, 0.05) is 27.5 Å². The lowest BCUT2D eigenvalue weighted by Gasteiger charge is -2.13. The molecule has 2 aromatic rings. The van der Waals surface area contributed by atoms with E-state index in [0.29, 0.717) is 0 Å². The van der Waals surface area contributed by atoms with Crippen LogP contribution in [0, 0.1) is 0 Å². The summed E-state index contributed by atoms with van der Waals surface area (Å²) in [5.74, 6) is 1.06. The molecule has 0 fully saturated rings. The maximum Gasteiger partial charge on any atom is 0.0936 e. The molecule has 2 nitrogen and oxygen atoms in total. The Morgan fingerprint density at radius 1 is 1.29 bits per heavy atom. The molecule has 4 heteroatoms. The Balaban J connectivity index is 1.98. The summed E-state index contributed by atoms with van der Waals surface area (Å²) < 4.78 is 0. The maximum absolute atomic E-state index is 5.55. The van der Waals surface area contributed by atoms with Gasteiger partial charge in [-0.2, -0.15) is 0 Å². The number of hydrogen-bond donors (Lipinski definition) is 1. The molecule has 0 aliphatic carbocycles. The van der Waals surface area contributed by atoms with Gasteiger partial charge in [0.2, 0.25) is 0 Å². The number of aromatic nitrogens is 1. The van der Waals surface area contributed by atoms with Gasteiger partial charge in [-0.25, -0.2) is 4.98 Å². The van der Waals surface area contributed by atoms with Crippen molar-refractivity contribution >= 4 is 23.1 Å². The standard InChI is InChI=1S/C13H14N2S2/c14-7-3-6-12-15-13-9-4-1-2-5-10(9)16-8-11(13)17-12/h1-2,4-5H,3,6-8,14H2. The van der Waals surface area contributed by atoms with Crippen LogP contribution in [0.15, 0.2) is 29.2 Å². The van der Waals surface area contributed by atoms with Crippen molar-refractivity contribution in [1.29, 1.82) is 0 Å². The molecule has 0 saturated heterocycles. The normalized spacial score (nSPS) is 13.2. The van der Waals surface area contributed by atoms with Crippen LogP contribution in [0.2, 0.25) is 0 Å². The van der Waals surface area contributed by atoms with Gasteiger partial charge < -0.3 is 5.73 Å². The van der Waals surface area contributed by atoms with E-state index in [1.54, 1.807) is 0 Å². The van der Waals surface area contributed by atoms with E-state index in [1.807, 2.05) is 23.1 Å². The lowest BCUT2D eigenvalue weighted by atomic mass is 10.1. The minimum absolute atomic E-state index is 0.746. The summed E-state index contributed by atoms with van der Waals surface area (Å²) in [6.45, 7) is 0.746. The summed E-state index contributed by atoms with van der Waals surface area (Å²) >= 11 is 3.77. The maximum atomic E-state index is 5.55. The Kier molecular flexibility index (Phi) is 3.18. The molecule has 2 heterocycles. The topological polar surface area (TPSA) is 38.9 Å². The van der Waals surface area contributed by atoms with Crippen molar-refractivity contribution < 1.29 is 0 Å². The fourth-order valence-corrected chi connectivity index (χ4v) is 4.25.